The summed E-state index contributed by atoms with van der Waals surface area (Å²) >= 11 is 0. The fourth-order valence-electron chi connectivity index (χ4n) is 0.806. The molecule has 0 aromatic rings. The highest BCUT2D eigenvalue weighted by Gasteiger charge is 2.24. The number of ketones is 1. The highest BCUT2D eigenvalue weighted by atomic mass is 16.6. The molecule has 4 nitrogen and oxygen atoms in total. The summed E-state index contributed by atoms with van der Waals surface area (Å²) in [6, 6.07) is 0. The van der Waals surface area contributed by atoms with E-state index in [0.29, 0.717) is 13.2 Å². The van der Waals surface area contributed by atoms with E-state index in [2.05, 4.69) is 0 Å². The molecule has 0 saturated heterocycles. The van der Waals surface area contributed by atoms with Crippen LogP contribution in [0.25, 0.3) is 0 Å². The summed E-state index contributed by atoms with van der Waals surface area (Å²) in [5.74, 6) is -0.585. The molecule has 0 saturated carbocycles. The van der Waals surface area contributed by atoms with E-state index in [1.807, 2.05) is 6.92 Å². The number of carbonyl (C=O) groups excluding carboxylic acids is 2. The van der Waals surface area contributed by atoms with Crippen molar-refractivity contribution in [1.29, 1.82) is 0 Å². The highest BCUT2D eigenvalue weighted by molar-refractivity contribution is 5.98. The fraction of sp³-hybridized carbons (Fsp3) is 0.818. The number of esters is 1. The Morgan fingerprint density at radius 3 is 2.20 bits per heavy atom. The van der Waals surface area contributed by atoms with Crippen LogP contribution in [0.2, 0.25) is 0 Å². The summed E-state index contributed by atoms with van der Waals surface area (Å²) < 4.78 is 9.82. The SMILES string of the molecule is CCOCCOC(=O)CC(=O)C(C)(C)C. The van der Waals surface area contributed by atoms with Gasteiger partial charge in [-0.25, -0.2) is 0 Å². The van der Waals surface area contributed by atoms with Gasteiger partial charge in [0, 0.05) is 12.0 Å². The van der Waals surface area contributed by atoms with Crippen LogP contribution in [0, 0.1) is 5.41 Å². The lowest BCUT2D eigenvalue weighted by molar-refractivity contribution is -0.148. The lowest BCUT2D eigenvalue weighted by Crippen LogP contribution is -2.24. The van der Waals surface area contributed by atoms with Crippen molar-refractivity contribution in [1.82, 2.24) is 0 Å². The third-order valence-corrected chi connectivity index (χ3v) is 1.84. The van der Waals surface area contributed by atoms with E-state index in [-0.39, 0.29) is 18.8 Å². The molecule has 0 atom stereocenters. The van der Waals surface area contributed by atoms with Crippen LogP contribution < -0.4 is 0 Å². The van der Waals surface area contributed by atoms with Crippen LogP contribution in [0.3, 0.4) is 0 Å². The molecule has 0 aliphatic carbocycles. The van der Waals surface area contributed by atoms with Crippen molar-refractivity contribution >= 4 is 11.8 Å². The number of hydrogen-bond donors (Lipinski definition) is 0. The third-order valence-electron chi connectivity index (χ3n) is 1.84. The van der Waals surface area contributed by atoms with Crippen molar-refractivity contribution in [3.05, 3.63) is 0 Å². The lowest BCUT2D eigenvalue weighted by Gasteiger charge is -2.15. The Labute approximate surface area is 90.9 Å². The lowest BCUT2D eigenvalue weighted by atomic mass is 9.89. The monoisotopic (exact) mass is 216 g/mol. The van der Waals surface area contributed by atoms with Crippen molar-refractivity contribution < 1.29 is 19.1 Å². The van der Waals surface area contributed by atoms with Gasteiger partial charge in [0.05, 0.1) is 6.61 Å². The van der Waals surface area contributed by atoms with E-state index in [1.54, 1.807) is 20.8 Å². The first-order valence-electron chi connectivity index (χ1n) is 5.14. The van der Waals surface area contributed by atoms with Gasteiger partial charge in [-0.1, -0.05) is 20.8 Å². The molecule has 0 unspecified atom stereocenters. The van der Waals surface area contributed by atoms with Crippen molar-refractivity contribution in [3.63, 3.8) is 0 Å². The molecule has 0 amide bonds. The minimum Gasteiger partial charge on any atom is -0.463 e. The smallest absolute Gasteiger partial charge is 0.313 e. The zero-order valence-electron chi connectivity index (χ0n) is 9.96. The average molecular weight is 216 g/mol. The normalized spacial score (nSPS) is 11.2. The Balaban J connectivity index is 3.71. The average Bonchev–Trinajstić information content (AvgIpc) is 2.11. The summed E-state index contributed by atoms with van der Waals surface area (Å²) in [6.07, 6.45) is -0.157. The Morgan fingerprint density at radius 1 is 1.13 bits per heavy atom. The second-order valence-electron chi connectivity index (χ2n) is 4.27. The van der Waals surface area contributed by atoms with E-state index in [0.717, 1.165) is 0 Å². The van der Waals surface area contributed by atoms with Crippen LogP contribution in [-0.2, 0) is 19.1 Å². The van der Waals surface area contributed by atoms with Gasteiger partial charge in [-0.05, 0) is 6.92 Å². The minimum absolute atomic E-state index is 0.107. The Morgan fingerprint density at radius 2 is 1.73 bits per heavy atom. The molecular weight excluding hydrogens is 196 g/mol. The Hall–Kier alpha value is -0.900. The van der Waals surface area contributed by atoms with Gasteiger partial charge in [-0.15, -0.1) is 0 Å². The molecule has 4 heteroatoms. The summed E-state index contributed by atoms with van der Waals surface area (Å²) in [5.41, 5.74) is -0.487. The van der Waals surface area contributed by atoms with E-state index < -0.39 is 11.4 Å². The number of Topliss-reactive ketones (excluding diaryl/α,β-unsaturated/α-hetero) is 1. The standard InChI is InChI=1S/C11H20O4/c1-5-14-6-7-15-10(13)8-9(12)11(2,3)4/h5-8H2,1-4H3. The van der Waals surface area contributed by atoms with Gasteiger partial charge in [0.2, 0.25) is 0 Å². The number of hydrogen-bond acceptors (Lipinski definition) is 4. The molecule has 0 fully saturated rings. The predicted molar refractivity (Wildman–Crippen MR) is 56.5 cm³/mol. The van der Waals surface area contributed by atoms with E-state index in [4.69, 9.17) is 9.47 Å². The molecular formula is C11H20O4. The first-order chi connectivity index (χ1) is 6.88. The van der Waals surface area contributed by atoms with Gasteiger partial charge in [0.25, 0.3) is 0 Å². The topological polar surface area (TPSA) is 52.6 Å². The third kappa shape index (κ3) is 7.08. The van der Waals surface area contributed by atoms with Crippen LogP contribution in [0.4, 0.5) is 0 Å². The zero-order chi connectivity index (χ0) is 11.9. The van der Waals surface area contributed by atoms with Crippen LogP contribution in [0.15, 0.2) is 0 Å². The molecule has 0 aromatic heterocycles. The Bertz CT molecular complexity index is 215. The van der Waals surface area contributed by atoms with Gasteiger partial charge in [0.15, 0.2) is 0 Å². The maximum Gasteiger partial charge on any atom is 0.313 e. The molecule has 0 aromatic carbocycles. The predicted octanol–water partition coefficient (Wildman–Crippen LogP) is 1.57. The van der Waals surface area contributed by atoms with E-state index in [1.165, 1.54) is 0 Å². The maximum atomic E-state index is 11.4. The molecule has 15 heavy (non-hydrogen) atoms. The maximum absolute atomic E-state index is 11.4. The van der Waals surface area contributed by atoms with Gasteiger partial charge in [0.1, 0.15) is 18.8 Å². The molecule has 88 valence electrons. The molecule has 0 aliphatic heterocycles. The van der Waals surface area contributed by atoms with E-state index >= 15 is 0 Å². The molecule has 0 bridgehead atoms. The molecule has 0 rings (SSSR count). The summed E-state index contributed by atoms with van der Waals surface area (Å²) in [6.45, 7) is 8.40. The first kappa shape index (κ1) is 14.1. The molecule has 0 spiro atoms. The number of ether oxygens (including phenoxy) is 2. The summed E-state index contributed by atoms with van der Waals surface area (Å²) in [7, 11) is 0. The van der Waals surface area contributed by atoms with Crippen LogP contribution in [0.1, 0.15) is 34.1 Å². The van der Waals surface area contributed by atoms with Gasteiger partial charge in [-0.3, -0.25) is 9.59 Å². The van der Waals surface area contributed by atoms with Crippen molar-refractivity contribution in [2.45, 2.75) is 34.1 Å². The highest BCUT2D eigenvalue weighted by Crippen LogP contribution is 2.16. The fourth-order valence-corrected chi connectivity index (χ4v) is 0.806. The van der Waals surface area contributed by atoms with Crippen molar-refractivity contribution in [2.75, 3.05) is 19.8 Å². The number of rotatable bonds is 6. The first-order valence-corrected chi connectivity index (χ1v) is 5.14. The van der Waals surface area contributed by atoms with Crippen molar-refractivity contribution in [3.8, 4) is 0 Å². The largest absolute Gasteiger partial charge is 0.463 e. The Kier molecular flexibility index (Phi) is 6.17. The zero-order valence-corrected chi connectivity index (χ0v) is 9.96. The van der Waals surface area contributed by atoms with Gasteiger partial charge < -0.3 is 9.47 Å². The van der Waals surface area contributed by atoms with Crippen LogP contribution in [0.5, 0.6) is 0 Å². The summed E-state index contributed by atoms with van der Waals surface area (Å²) in [5, 5.41) is 0. The van der Waals surface area contributed by atoms with Crippen molar-refractivity contribution in [2.24, 2.45) is 5.41 Å². The second-order valence-corrected chi connectivity index (χ2v) is 4.27. The molecule has 0 radical (unpaired) electrons. The molecule has 0 heterocycles. The number of carbonyl (C=O) groups is 2. The minimum atomic E-state index is -0.487. The summed E-state index contributed by atoms with van der Waals surface area (Å²) in [4.78, 5) is 22.6. The molecule has 0 aliphatic rings. The van der Waals surface area contributed by atoms with E-state index in [9.17, 15) is 9.59 Å². The quantitative estimate of drug-likeness (QED) is 0.384. The van der Waals surface area contributed by atoms with Gasteiger partial charge in [-0.2, -0.15) is 0 Å². The van der Waals surface area contributed by atoms with Crippen LogP contribution >= 0.6 is 0 Å². The second kappa shape index (κ2) is 6.56. The van der Waals surface area contributed by atoms with Crippen LogP contribution in [-0.4, -0.2) is 31.6 Å². The molecule has 0 N–H and O–H groups in total. The van der Waals surface area contributed by atoms with Gasteiger partial charge >= 0.3 is 5.97 Å².